The van der Waals surface area contributed by atoms with Crippen molar-refractivity contribution in [2.24, 2.45) is 5.11 Å². The van der Waals surface area contributed by atoms with Crippen LogP contribution >= 0.6 is 11.6 Å². The maximum absolute atomic E-state index is 9.88. The Morgan fingerprint density at radius 2 is 1.56 bits per heavy atom. The number of imidazole rings is 1. The molecule has 260 valence electrons. The standard InChI is InChI=1S/C36H41ClN8O4Si/c1-35(2,3)50(5,6)49-30-27(48-33(28(30)43-44-39)45-22-40-29-31(38)41-34(37)42-32(29)45)21-47-36(23-13-9-7-10-14-23,24-15-11-8-12-16-24)25-17-19-26(46-4)20-18-25/h7-20,22,27-28,30,33H,21H2,1-6H3,(H2,38,41,42)/t27-,28?,30?,33-/m1/s1. The first-order valence-corrected chi connectivity index (χ1v) is 19.6. The summed E-state index contributed by atoms with van der Waals surface area (Å²) >= 11 is 6.23. The number of aromatic nitrogens is 4. The highest BCUT2D eigenvalue weighted by molar-refractivity contribution is 6.74. The van der Waals surface area contributed by atoms with E-state index in [-0.39, 0.29) is 22.7 Å². The van der Waals surface area contributed by atoms with Gasteiger partial charge in [0.25, 0.3) is 0 Å². The minimum absolute atomic E-state index is 0.0426. The van der Waals surface area contributed by atoms with Crippen LogP contribution in [0.25, 0.3) is 21.6 Å². The molecule has 1 aliphatic heterocycles. The van der Waals surface area contributed by atoms with Gasteiger partial charge in [0, 0.05) is 4.91 Å². The molecular weight excluding hydrogens is 672 g/mol. The number of hydrogen-bond donors (Lipinski definition) is 1. The maximum Gasteiger partial charge on any atom is 0.226 e. The number of rotatable bonds is 11. The Hall–Kier alpha value is -4.49. The van der Waals surface area contributed by atoms with Crippen LogP contribution in [-0.4, -0.2) is 59.8 Å². The molecule has 6 rings (SSSR count). The molecular formula is C36H41ClN8O4Si. The average molecular weight is 713 g/mol. The number of nitrogens with zero attached hydrogens (tertiary/aromatic N) is 7. The number of nitrogens with two attached hydrogens (primary N) is 1. The van der Waals surface area contributed by atoms with Crippen molar-refractivity contribution in [2.45, 2.75) is 69.0 Å². The predicted molar refractivity (Wildman–Crippen MR) is 195 cm³/mol. The highest BCUT2D eigenvalue weighted by atomic mass is 35.5. The van der Waals surface area contributed by atoms with Crippen LogP contribution in [0.2, 0.25) is 23.4 Å². The smallest absolute Gasteiger partial charge is 0.226 e. The molecule has 2 aromatic heterocycles. The van der Waals surface area contributed by atoms with Crippen molar-refractivity contribution in [3.8, 4) is 5.75 Å². The first-order chi connectivity index (χ1) is 23.9. The van der Waals surface area contributed by atoms with E-state index < -0.39 is 38.4 Å². The van der Waals surface area contributed by atoms with Gasteiger partial charge in [0.2, 0.25) is 5.28 Å². The number of hydrogen-bond acceptors (Lipinski definition) is 9. The Kier molecular flexibility index (Phi) is 9.91. The highest BCUT2D eigenvalue weighted by Gasteiger charge is 2.52. The van der Waals surface area contributed by atoms with Crippen LogP contribution in [0.15, 0.2) is 96.4 Å². The van der Waals surface area contributed by atoms with Crippen LogP contribution in [0.1, 0.15) is 43.7 Å². The summed E-state index contributed by atoms with van der Waals surface area (Å²) in [6, 6.07) is 27.2. The molecule has 1 saturated heterocycles. The molecule has 3 aromatic carbocycles. The maximum atomic E-state index is 9.88. The molecule has 0 saturated carbocycles. The molecule has 0 bridgehead atoms. The zero-order valence-electron chi connectivity index (χ0n) is 28.9. The van der Waals surface area contributed by atoms with Gasteiger partial charge in [-0.3, -0.25) is 4.57 Å². The molecule has 1 aliphatic rings. The van der Waals surface area contributed by atoms with E-state index in [9.17, 15) is 5.53 Å². The molecule has 50 heavy (non-hydrogen) atoms. The second-order valence-corrected chi connectivity index (χ2v) is 18.9. The number of methoxy groups -OCH3 is 1. The topological polar surface area (TPSA) is 155 Å². The zero-order valence-corrected chi connectivity index (χ0v) is 30.7. The minimum Gasteiger partial charge on any atom is -0.497 e. The third-order valence-corrected chi connectivity index (χ3v) is 14.4. The molecule has 2 N–H and O–H groups in total. The summed E-state index contributed by atoms with van der Waals surface area (Å²) in [4.78, 5) is 16.1. The SMILES string of the molecule is COc1ccc(C(OC[C@H]2O[C@@H](n3cnc4c(N)nc(Cl)nc43)C(N=[N+]=[N-])C2O[Si](C)(C)C(C)(C)C)(c2ccccc2)c2ccccc2)cc1. The molecule has 0 amide bonds. The molecule has 2 unspecified atom stereocenters. The monoisotopic (exact) mass is 712 g/mol. The first kappa shape index (κ1) is 35.3. The lowest BCUT2D eigenvalue weighted by Gasteiger charge is -2.41. The number of fused-ring (bicyclic) bond motifs is 1. The third-order valence-electron chi connectivity index (χ3n) is 9.75. The number of azide groups is 1. The normalized spacial score (nSPS) is 19.7. The lowest BCUT2D eigenvalue weighted by molar-refractivity contribution is -0.0916. The van der Waals surface area contributed by atoms with Crippen molar-refractivity contribution < 1.29 is 18.6 Å². The number of nitrogen functional groups attached to an aromatic ring is 1. The van der Waals surface area contributed by atoms with Crippen molar-refractivity contribution >= 4 is 36.9 Å². The van der Waals surface area contributed by atoms with Crippen molar-refractivity contribution in [2.75, 3.05) is 19.5 Å². The van der Waals surface area contributed by atoms with Crippen LogP contribution in [0, 0.1) is 0 Å². The number of benzene rings is 3. The van der Waals surface area contributed by atoms with E-state index in [1.54, 1.807) is 18.0 Å². The van der Waals surface area contributed by atoms with Gasteiger partial charge in [0.1, 0.15) is 35.2 Å². The van der Waals surface area contributed by atoms with Gasteiger partial charge in [-0.2, -0.15) is 9.97 Å². The largest absolute Gasteiger partial charge is 0.497 e. The zero-order chi connectivity index (χ0) is 35.7. The van der Waals surface area contributed by atoms with Gasteiger partial charge in [0.15, 0.2) is 19.8 Å². The van der Waals surface area contributed by atoms with E-state index in [1.165, 1.54) is 0 Å². The Labute approximate surface area is 297 Å². The van der Waals surface area contributed by atoms with E-state index in [0.29, 0.717) is 11.2 Å². The molecule has 14 heteroatoms. The van der Waals surface area contributed by atoms with E-state index in [2.05, 4.69) is 58.8 Å². The van der Waals surface area contributed by atoms with Gasteiger partial charge in [-0.05, 0) is 64.1 Å². The van der Waals surface area contributed by atoms with E-state index in [1.807, 2.05) is 84.9 Å². The van der Waals surface area contributed by atoms with Gasteiger partial charge in [-0.1, -0.05) is 98.7 Å². The Morgan fingerprint density at radius 1 is 0.960 bits per heavy atom. The fourth-order valence-corrected chi connectivity index (χ4v) is 7.65. The summed E-state index contributed by atoms with van der Waals surface area (Å²) in [6.45, 7) is 10.8. The minimum atomic E-state index is -2.47. The summed E-state index contributed by atoms with van der Waals surface area (Å²) in [5.74, 6) is 0.851. The van der Waals surface area contributed by atoms with E-state index >= 15 is 0 Å². The van der Waals surface area contributed by atoms with Gasteiger partial charge < -0.3 is 24.4 Å². The molecule has 1 fully saturated rings. The molecule has 5 aromatic rings. The summed E-state index contributed by atoms with van der Waals surface area (Å²) in [7, 11) is -0.830. The number of anilines is 1. The fourth-order valence-electron chi connectivity index (χ4n) is 6.15. The Bertz CT molecular complexity index is 1940. The van der Waals surface area contributed by atoms with E-state index in [0.717, 1.165) is 22.4 Å². The second kappa shape index (κ2) is 14.0. The van der Waals surface area contributed by atoms with Crippen LogP contribution in [0.4, 0.5) is 5.82 Å². The van der Waals surface area contributed by atoms with Crippen molar-refractivity contribution in [3.05, 3.63) is 124 Å². The van der Waals surface area contributed by atoms with Crippen molar-refractivity contribution in [1.29, 1.82) is 0 Å². The summed E-state index contributed by atoms with van der Waals surface area (Å²) in [6.07, 6.45) is -0.710. The number of ether oxygens (including phenoxy) is 3. The number of halogens is 1. The van der Waals surface area contributed by atoms with Gasteiger partial charge in [0.05, 0.1) is 26.1 Å². The van der Waals surface area contributed by atoms with Crippen molar-refractivity contribution in [1.82, 2.24) is 19.5 Å². The fraction of sp³-hybridized carbons (Fsp3) is 0.361. The summed E-state index contributed by atoms with van der Waals surface area (Å²) in [5, 5.41) is 4.08. The molecule has 12 nitrogen and oxygen atoms in total. The average Bonchev–Trinajstić information content (AvgIpc) is 3.67. The molecule has 3 heterocycles. The molecule has 0 spiro atoms. The highest BCUT2D eigenvalue weighted by Crippen LogP contribution is 2.45. The lowest BCUT2D eigenvalue weighted by atomic mass is 9.80. The Balaban J connectivity index is 1.49. The molecule has 4 atom stereocenters. The summed E-state index contributed by atoms with van der Waals surface area (Å²) < 4.78 is 28.3. The third kappa shape index (κ3) is 6.56. The molecule has 0 aliphatic carbocycles. The quantitative estimate of drug-likeness (QED) is 0.0360. The lowest BCUT2D eigenvalue weighted by Crippen LogP contribution is -2.50. The summed E-state index contributed by atoms with van der Waals surface area (Å²) in [5.41, 5.74) is 18.4. The Morgan fingerprint density at radius 3 is 2.12 bits per heavy atom. The molecule has 0 radical (unpaired) electrons. The van der Waals surface area contributed by atoms with Crippen LogP contribution in [0.5, 0.6) is 5.75 Å². The van der Waals surface area contributed by atoms with Gasteiger partial charge in [-0.15, -0.1) is 0 Å². The van der Waals surface area contributed by atoms with Crippen LogP contribution < -0.4 is 10.5 Å². The van der Waals surface area contributed by atoms with Gasteiger partial charge in [-0.25, -0.2) is 4.98 Å². The van der Waals surface area contributed by atoms with Crippen LogP contribution in [-0.2, 0) is 19.5 Å². The van der Waals surface area contributed by atoms with E-state index in [4.69, 9.17) is 36.0 Å². The second-order valence-electron chi connectivity index (χ2n) is 13.8. The van der Waals surface area contributed by atoms with Gasteiger partial charge >= 0.3 is 0 Å². The first-order valence-electron chi connectivity index (χ1n) is 16.3. The van der Waals surface area contributed by atoms with Crippen LogP contribution in [0.3, 0.4) is 0 Å². The predicted octanol–water partition coefficient (Wildman–Crippen LogP) is 8.05. The van der Waals surface area contributed by atoms with Crippen molar-refractivity contribution in [3.63, 3.8) is 0 Å².